The van der Waals surface area contributed by atoms with Crippen LogP contribution in [0.2, 0.25) is 10.0 Å². The van der Waals surface area contributed by atoms with Crippen LogP contribution < -0.4 is 21.9 Å². The maximum Gasteiger partial charge on any atom is 0.330 e. The molecule has 0 bridgehead atoms. The predicted octanol–water partition coefficient (Wildman–Crippen LogP) is 3.67. The summed E-state index contributed by atoms with van der Waals surface area (Å²) < 4.78 is 1.28. The molecule has 0 saturated carbocycles. The average molecular weight is 427 g/mol. The molecule has 0 fully saturated rings. The second kappa shape index (κ2) is 9.80. The Morgan fingerprint density at radius 1 is 1.18 bits per heavy atom. The quantitative estimate of drug-likeness (QED) is 0.671. The molecule has 0 atom stereocenters. The molecule has 1 aromatic carbocycles. The fourth-order valence-electron chi connectivity index (χ4n) is 2.82. The van der Waals surface area contributed by atoms with E-state index in [2.05, 4.69) is 4.98 Å². The largest absolute Gasteiger partial charge is 0.383 e. The summed E-state index contributed by atoms with van der Waals surface area (Å²) in [5, 5.41) is 0.336. The second-order valence-electron chi connectivity index (χ2n) is 6.41. The van der Waals surface area contributed by atoms with E-state index in [0.717, 1.165) is 12.8 Å². The Kier molecular flexibility index (Phi) is 7.71. The van der Waals surface area contributed by atoms with Crippen LogP contribution in [0.1, 0.15) is 49.9 Å². The zero-order chi connectivity index (χ0) is 20.8. The third-order valence-corrected chi connectivity index (χ3v) is 5.20. The molecule has 0 aliphatic carbocycles. The van der Waals surface area contributed by atoms with Crippen molar-refractivity contribution in [2.24, 2.45) is 0 Å². The van der Waals surface area contributed by atoms with Crippen LogP contribution in [-0.4, -0.2) is 22.0 Å². The third-order valence-electron chi connectivity index (χ3n) is 4.38. The van der Waals surface area contributed by atoms with Crippen molar-refractivity contribution in [1.82, 2.24) is 9.55 Å². The number of nitrogens with zero attached hydrogens (tertiary/aromatic N) is 2. The number of rotatable bonds is 8. The zero-order valence-electron chi connectivity index (χ0n) is 15.9. The van der Waals surface area contributed by atoms with Gasteiger partial charge in [-0.2, -0.15) is 0 Å². The molecule has 0 spiro atoms. The first-order chi connectivity index (χ1) is 13.3. The molecule has 3 N–H and O–H groups in total. The summed E-state index contributed by atoms with van der Waals surface area (Å²) in [5.41, 5.74) is 4.98. The molecule has 1 aromatic heterocycles. The Hall–Kier alpha value is -2.25. The molecule has 0 unspecified atom stereocenters. The predicted molar refractivity (Wildman–Crippen MR) is 114 cm³/mol. The number of nitrogens with one attached hydrogen (secondary N) is 1. The summed E-state index contributed by atoms with van der Waals surface area (Å²) in [6.45, 7) is 4.53. The van der Waals surface area contributed by atoms with Crippen LogP contribution in [0.15, 0.2) is 27.8 Å². The van der Waals surface area contributed by atoms with Gasteiger partial charge in [-0.3, -0.25) is 19.1 Å². The number of amides is 1. The Morgan fingerprint density at radius 3 is 2.50 bits per heavy atom. The van der Waals surface area contributed by atoms with E-state index in [4.69, 9.17) is 28.9 Å². The molecular weight excluding hydrogens is 403 g/mol. The molecule has 1 amide bonds. The summed E-state index contributed by atoms with van der Waals surface area (Å²) in [6.07, 6.45) is 2.98. The third kappa shape index (κ3) is 4.59. The number of H-pyrrole nitrogens is 1. The number of carbonyl (C=O) groups excluding carboxylic acids is 1. The van der Waals surface area contributed by atoms with E-state index >= 15 is 0 Å². The van der Waals surface area contributed by atoms with Gasteiger partial charge in [-0.1, -0.05) is 56.0 Å². The summed E-state index contributed by atoms with van der Waals surface area (Å²) >= 11 is 12.2. The Bertz CT molecular complexity index is 969. The first-order valence-electron chi connectivity index (χ1n) is 9.21. The van der Waals surface area contributed by atoms with Crippen LogP contribution in [0.25, 0.3) is 0 Å². The standard InChI is InChI=1S/C19H24Cl2N4O3/c1-3-5-10-24(18(27)12-8-7-9-13(20)14(12)21)15-16(22)25(11-6-4-2)19(28)23-17(15)26/h7-9H,3-6,10-11,22H2,1-2H3,(H,23,26,28). The number of benzene rings is 1. The summed E-state index contributed by atoms with van der Waals surface area (Å²) in [7, 11) is 0. The van der Waals surface area contributed by atoms with E-state index in [9.17, 15) is 14.4 Å². The van der Waals surface area contributed by atoms with E-state index in [1.54, 1.807) is 12.1 Å². The van der Waals surface area contributed by atoms with Crippen molar-refractivity contribution in [3.05, 3.63) is 54.6 Å². The van der Waals surface area contributed by atoms with Crippen LogP contribution in [0.5, 0.6) is 0 Å². The Morgan fingerprint density at radius 2 is 1.86 bits per heavy atom. The van der Waals surface area contributed by atoms with E-state index < -0.39 is 17.2 Å². The first-order valence-corrected chi connectivity index (χ1v) is 9.97. The molecule has 0 saturated heterocycles. The van der Waals surface area contributed by atoms with E-state index in [0.29, 0.717) is 19.4 Å². The molecule has 28 heavy (non-hydrogen) atoms. The Balaban J connectivity index is 2.63. The van der Waals surface area contributed by atoms with Crippen molar-refractivity contribution in [2.45, 2.75) is 46.1 Å². The van der Waals surface area contributed by atoms with Crippen molar-refractivity contribution in [2.75, 3.05) is 17.2 Å². The number of nitrogen functional groups attached to an aromatic ring is 1. The molecule has 1 heterocycles. The van der Waals surface area contributed by atoms with Crippen molar-refractivity contribution in [1.29, 1.82) is 0 Å². The fraction of sp³-hybridized carbons (Fsp3) is 0.421. The summed E-state index contributed by atoms with van der Waals surface area (Å²) in [6, 6.07) is 4.71. The van der Waals surface area contributed by atoms with E-state index in [1.165, 1.54) is 15.5 Å². The molecule has 2 rings (SSSR count). The lowest BCUT2D eigenvalue weighted by molar-refractivity contribution is 0.0986. The number of carbonyl (C=O) groups is 1. The monoisotopic (exact) mass is 426 g/mol. The minimum atomic E-state index is -0.710. The number of hydrogen-bond donors (Lipinski definition) is 2. The zero-order valence-corrected chi connectivity index (χ0v) is 17.4. The van der Waals surface area contributed by atoms with Gasteiger partial charge in [0, 0.05) is 13.1 Å². The highest BCUT2D eigenvalue weighted by atomic mass is 35.5. The number of nitrogens with two attached hydrogens (primary N) is 1. The molecule has 9 heteroatoms. The number of unbranched alkanes of at least 4 members (excludes halogenated alkanes) is 2. The van der Waals surface area contributed by atoms with Gasteiger partial charge in [0.25, 0.3) is 11.5 Å². The van der Waals surface area contributed by atoms with E-state index in [1.807, 2.05) is 13.8 Å². The maximum atomic E-state index is 13.2. The van der Waals surface area contributed by atoms with Crippen molar-refractivity contribution in [3.8, 4) is 0 Å². The molecule has 0 aliphatic heterocycles. The number of aromatic nitrogens is 2. The first kappa shape index (κ1) is 22.0. The van der Waals surface area contributed by atoms with Crippen LogP contribution in [-0.2, 0) is 6.54 Å². The van der Waals surface area contributed by atoms with Crippen molar-refractivity contribution in [3.63, 3.8) is 0 Å². The lowest BCUT2D eigenvalue weighted by Gasteiger charge is -2.25. The van der Waals surface area contributed by atoms with Gasteiger partial charge in [0.05, 0.1) is 15.6 Å². The van der Waals surface area contributed by atoms with Gasteiger partial charge in [-0.05, 0) is 25.0 Å². The van der Waals surface area contributed by atoms with Gasteiger partial charge in [0.15, 0.2) is 5.69 Å². The molecule has 0 aliphatic rings. The topological polar surface area (TPSA) is 101 Å². The van der Waals surface area contributed by atoms with Crippen LogP contribution in [0.3, 0.4) is 0 Å². The molecule has 152 valence electrons. The Labute approximate surface area is 173 Å². The highest BCUT2D eigenvalue weighted by molar-refractivity contribution is 6.44. The number of halogens is 2. The molecule has 2 aromatic rings. The van der Waals surface area contributed by atoms with Crippen LogP contribution in [0.4, 0.5) is 11.5 Å². The normalized spacial score (nSPS) is 10.9. The SMILES string of the molecule is CCCCN(C(=O)c1cccc(Cl)c1Cl)c1c(N)n(CCCC)c(=O)[nH]c1=O. The van der Waals surface area contributed by atoms with Gasteiger partial charge in [0.1, 0.15) is 5.82 Å². The molecule has 0 radical (unpaired) electrons. The lowest BCUT2D eigenvalue weighted by atomic mass is 10.1. The lowest BCUT2D eigenvalue weighted by Crippen LogP contribution is -2.41. The van der Waals surface area contributed by atoms with Crippen molar-refractivity contribution < 1.29 is 4.79 Å². The smallest absolute Gasteiger partial charge is 0.330 e. The highest BCUT2D eigenvalue weighted by Crippen LogP contribution is 2.28. The second-order valence-corrected chi connectivity index (χ2v) is 7.20. The fourth-order valence-corrected chi connectivity index (χ4v) is 3.20. The molecule has 7 nitrogen and oxygen atoms in total. The highest BCUT2D eigenvalue weighted by Gasteiger charge is 2.26. The van der Waals surface area contributed by atoms with Gasteiger partial charge in [-0.15, -0.1) is 0 Å². The van der Waals surface area contributed by atoms with Crippen molar-refractivity contribution >= 4 is 40.6 Å². The van der Waals surface area contributed by atoms with E-state index in [-0.39, 0.29) is 33.7 Å². The van der Waals surface area contributed by atoms with Crippen LogP contribution in [0, 0.1) is 0 Å². The minimum absolute atomic E-state index is 0.0372. The molecular formula is C19H24Cl2N4O3. The summed E-state index contributed by atoms with van der Waals surface area (Å²) in [5.74, 6) is -0.538. The average Bonchev–Trinajstić information content (AvgIpc) is 2.65. The van der Waals surface area contributed by atoms with Crippen LogP contribution >= 0.6 is 23.2 Å². The number of anilines is 2. The minimum Gasteiger partial charge on any atom is -0.383 e. The van der Waals surface area contributed by atoms with Gasteiger partial charge in [0.2, 0.25) is 0 Å². The van der Waals surface area contributed by atoms with Gasteiger partial charge in [-0.25, -0.2) is 4.79 Å². The van der Waals surface area contributed by atoms with Gasteiger partial charge < -0.3 is 10.6 Å². The van der Waals surface area contributed by atoms with Gasteiger partial charge >= 0.3 is 5.69 Å². The number of aromatic amines is 1. The summed E-state index contributed by atoms with van der Waals surface area (Å²) in [4.78, 5) is 41.5. The number of hydrogen-bond acceptors (Lipinski definition) is 4. The maximum absolute atomic E-state index is 13.2.